The van der Waals surface area contributed by atoms with Crippen molar-refractivity contribution in [3.05, 3.63) is 83.7 Å². The van der Waals surface area contributed by atoms with Crippen molar-refractivity contribution in [2.45, 2.75) is 25.4 Å². The molecule has 0 aliphatic carbocycles. The number of amides is 2. The van der Waals surface area contributed by atoms with Gasteiger partial charge in [-0.05, 0) is 36.8 Å². The normalized spacial score (nSPS) is 17.2. The number of benzene rings is 2. The van der Waals surface area contributed by atoms with E-state index in [0.29, 0.717) is 49.9 Å². The maximum Gasteiger partial charge on any atom is 0.320 e. The molecule has 3 heterocycles. The molecule has 2 unspecified atom stereocenters. The van der Waals surface area contributed by atoms with Crippen molar-refractivity contribution in [2.24, 2.45) is 0 Å². The van der Waals surface area contributed by atoms with Gasteiger partial charge < -0.3 is 15.2 Å². The Morgan fingerprint density at radius 2 is 1.93 bits per heavy atom. The monoisotopic (exact) mass is 565 g/mol. The van der Waals surface area contributed by atoms with Crippen LogP contribution in [0.3, 0.4) is 0 Å². The van der Waals surface area contributed by atoms with E-state index in [2.05, 4.69) is 20.6 Å². The van der Waals surface area contributed by atoms with Gasteiger partial charge in [0.1, 0.15) is 11.5 Å². The first kappa shape index (κ1) is 28.4. The van der Waals surface area contributed by atoms with E-state index in [0.717, 1.165) is 22.9 Å². The van der Waals surface area contributed by atoms with E-state index in [-0.39, 0.29) is 18.6 Å². The van der Waals surface area contributed by atoms with Crippen LogP contribution in [0.5, 0.6) is 0 Å². The second-order valence-corrected chi connectivity index (χ2v) is 10.0. The van der Waals surface area contributed by atoms with Gasteiger partial charge in [0.2, 0.25) is 0 Å². The molecule has 2 aromatic carbocycles. The average molecular weight is 566 g/mol. The number of aliphatic hydroxyl groups excluding tert-OH is 1. The summed E-state index contributed by atoms with van der Waals surface area (Å²) in [6.07, 6.45) is 3.47. The first-order valence-electron chi connectivity index (χ1n) is 13.4. The van der Waals surface area contributed by atoms with Crippen molar-refractivity contribution in [3.63, 3.8) is 0 Å². The average Bonchev–Trinajstić information content (AvgIpc) is 3.68. The van der Waals surface area contributed by atoms with E-state index in [9.17, 15) is 18.7 Å². The maximum absolute atomic E-state index is 14.1. The smallest absolute Gasteiger partial charge is 0.320 e. The molecule has 4 aromatic rings. The Morgan fingerprint density at radius 3 is 2.66 bits per heavy atom. The Hall–Kier alpha value is -4.13. The van der Waals surface area contributed by atoms with Crippen molar-refractivity contribution >= 4 is 11.8 Å². The van der Waals surface area contributed by atoms with Gasteiger partial charge in [0.15, 0.2) is 11.6 Å². The van der Waals surface area contributed by atoms with Crippen LogP contribution in [-0.2, 0) is 11.3 Å². The number of methoxy groups -OCH3 is 1. The van der Waals surface area contributed by atoms with Gasteiger partial charge in [-0.15, -0.1) is 0 Å². The zero-order valence-corrected chi connectivity index (χ0v) is 22.9. The minimum atomic E-state index is -0.918. The lowest BCUT2D eigenvalue weighted by atomic mass is 9.94. The van der Waals surface area contributed by atoms with E-state index in [4.69, 9.17) is 9.84 Å². The topological polar surface area (TPSA) is 109 Å². The second kappa shape index (κ2) is 12.6. The summed E-state index contributed by atoms with van der Waals surface area (Å²) >= 11 is 0. The van der Waals surface area contributed by atoms with Crippen LogP contribution in [0.15, 0.2) is 60.9 Å². The largest absolute Gasteiger partial charge is 0.394 e. The second-order valence-electron chi connectivity index (χ2n) is 10.0. The van der Waals surface area contributed by atoms with Gasteiger partial charge in [-0.2, -0.15) is 10.2 Å². The molecule has 5 rings (SSSR count). The van der Waals surface area contributed by atoms with E-state index in [1.165, 1.54) is 6.07 Å². The van der Waals surface area contributed by atoms with Crippen molar-refractivity contribution in [3.8, 4) is 16.9 Å². The van der Waals surface area contributed by atoms with Gasteiger partial charge in [-0.1, -0.05) is 24.3 Å². The minimum absolute atomic E-state index is 0.0405. The van der Waals surface area contributed by atoms with Gasteiger partial charge in [0.05, 0.1) is 37.7 Å². The van der Waals surface area contributed by atoms with Crippen LogP contribution >= 0.6 is 0 Å². The summed E-state index contributed by atoms with van der Waals surface area (Å²) in [5, 5.41) is 24.4. The van der Waals surface area contributed by atoms with Crippen molar-refractivity contribution in [1.82, 2.24) is 29.8 Å². The molecule has 0 radical (unpaired) electrons. The fraction of sp³-hybridized carbons (Fsp3) is 0.345. The molecule has 1 saturated heterocycles. The zero-order chi connectivity index (χ0) is 28.9. The van der Waals surface area contributed by atoms with E-state index in [1.54, 1.807) is 34.9 Å². The Morgan fingerprint density at radius 1 is 1.12 bits per heavy atom. The molecule has 41 heavy (non-hydrogen) atoms. The van der Waals surface area contributed by atoms with Crippen LogP contribution in [0.25, 0.3) is 16.9 Å². The van der Waals surface area contributed by atoms with Gasteiger partial charge >= 0.3 is 6.03 Å². The molecule has 2 atom stereocenters. The van der Waals surface area contributed by atoms with Crippen molar-refractivity contribution in [1.29, 1.82) is 0 Å². The lowest BCUT2D eigenvalue weighted by Crippen LogP contribution is -2.42. The standard InChI is InChI=1S/C29H33F2N7O3/c1-19-27(21-15-32-37(16-21)10-12-39)35-38(22-6-4-3-5-7-22)28(19)34-29(40)33-26-18-36(11-13-41-2)17-23(26)20-8-9-24(30)25(31)14-20/h3-9,14-16,23,26,39H,10-13,17-18H2,1-2H3,(H2,33,34,40). The van der Waals surface area contributed by atoms with Crippen LogP contribution in [0.4, 0.5) is 19.4 Å². The van der Waals surface area contributed by atoms with Crippen LogP contribution in [-0.4, -0.2) is 81.6 Å². The SMILES string of the molecule is COCCN1CC(NC(=O)Nc2c(C)c(-c3cnn(CCO)c3)nn2-c2ccccc2)C(c2ccc(F)c(F)c2)C1. The number of rotatable bonds is 10. The van der Waals surface area contributed by atoms with E-state index < -0.39 is 17.7 Å². The third-order valence-electron chi connectivity index (χ3n) is 7.29. The molecule has 12 heteroatoms. The molecule has 216 valence electrons. The lowest BCUT2D eigenvalue weighted by molar-refractivity contribution is 0.159. The molecule has 2 aromatic heterocycles. The Balaban J connectivity index is 1.42. The summed E-state index contributed by atoms with van der Waals surface area (Å²) in [7, 11) is 1.62. The molecule has 10 nitrogen and oxygen atoms in total. The number of nitrogens with one attached hydrogen (secondary N) is 2. The highest BCUT2D eigenvalue weighted by molar-refractivity contribution is 5.91. The number of ether oxygens (including phenoxy) is 1. The highest BCUT2D eigenvalue weighted by Gasteiger charge is 2.35. The van der Waals surface area contributed by atoms with Crippen molar-refractivity contribution in [2.75, 3.05) is 45.3 Å². The highest BCUT2D eigenvalue weighted by atomic mass is 19.2. The molecule has 0 spiro atoms. The minimum Gasteiger partial charge on any atom is -0.394 e. The summed E-state index contributed by atoms with van der Waals surface area (Å²) in [6, 6.07) is 12.5. The van der Waals surface area contributed by atoms with Crippen LogP contribution < -0.4 is 10.6 Å². The lowest BCUT2D eigenvalue weighted by Gasteiger charge is -2.21. The molecule has 3 N–H and O–H groups in total. The first-order valence-corrected chi connectivity index (χ1v) is 13.4. The Kier molecular flexibility index (Phi) is 8.72. The predicted molar refractivity (Wildman–Crippen MR) is 150 cm³/mol. The Labute approximate surface area is 236 Å². The number of aromatic nitrogens is 4. The van der Waals surface area contributed by atoms with Gasteiger partial charge in [-0.25, -0.2) is 18.3 Å². The fourth-order valence-electron chi connectivity index (χ4n) is 5.21. The third kappa shape index (κ3) is 6.29. The van der Waals surface area contributed by atoms with Crippen LogP contribution in [0.1, 0.15) is 17.0 Å². The highest BCUT2D eigenvalue weighted by Crippen LogP contribution is 2.32. The quantitative estimate of drug-likeness (QED) is 0.271. The number of para-hydroxylation sites is 1. The van der Waals surface area contributed by atoms with Crippen LogP contribution in [0, 0.1) is 18.6 Å². The van der Waals surface area contributed by atoms with E-state index >= 15 is 0 Å². The van der Waals surface area contributed by atoms with Crippen LogP contribution in [0.2, 0.25) is 0 Å². The number of aliphatic hydroxyl groups is 1. The third-order valence-corrected chi connectivity index (χ3v) is 7.29. The molecule has 1 fully saturated rings. The number of carbonyl (C=O) groups excluding carboxylic acids is 1. The number of anilines is 1. The van der Waals surface area contributed by atoms with Gasteiger partial charge in [0.25, 0.3) is 0 Å². The summed E-state index contributed by atoms with van der Waals surface area (Å²) in [5.74, 6) is -1.59. The van der Waals surface area contributed by atoms with Gasteiger partial charge in [-0.3, -0.25) is 14.9 Å². The number of carbonyl (C=O) groups is 1. The maximum atomic E-state index is 14.1. The number of hydrogen-bond donors (Lipinski definition) is 3. The summed E-state index contributed by atoms with van der Waals surface area (Å²) in [5.41, 5.74) is 3.49. The predicted octanol–water partition coefficient (Wildman–Crippen LogP) is 3.55. The number of nitrogens with zero attached hydrogens (tertiary/aromatic N) is 5. The summed E-state index contributed by atoms with van der Waals surface area (Å²) in [4.78, 5) is 15.6. The van der Waals surface area contributed by atoms with Crippen molar-refractivity contribution < 1.29 is 23.4 Å². The fourth-order valence-corrected chi connectivity index (χ4v) is 5.21. The molecule has 2 amide bonds. The molecular weight excluding hydrogens is 532 g/mol. The number of hydrogen-bond acceptors (Lipinski definition) is 6. The first-order chi connectivity index (χ1) is 19.9. The summed E-state index contributed by atoms with van der Waals surface area (Å²) in [6.45, 7) is 4.41. The zero-order valence-electron chi connectivity index (χ0n) is 22.9. The number of likely N-dealkylation sites (tertiary alicyclic amines) is 1. The Bertz CT molecular complexity index is 1490. The number of halogens is 2. The molecule has 1 aliphatic heterocycles. The van der Waals surface area contributed by atoms with Gasteiger partial charge in [0, 0.05) is 50.0 Å². The molecule has 0 bridgehead atoms. The molecular formula is C29H33F2N7O3. The molecule has 0 saturated carbocycles. The summed E-state index contributed by atoms with van der Waals surface area (Å²) < 4.78 is 36.3. The number of urea groups is 1. The van der Waals surface area contributed by atoms with E-state index in [1.807, 2.05) is 37.3 Å². The molecule has 1 aliphatic rings.